The van der Waals surface area contributed by atoms with Gasteiger partial charge >= 0.3 is 0 Å². The van der Waals surface area contributed by atoms with Crippen LogP contribution >= 0.6 is 11.8 Å². The summed E-state index contributed by atoms with van der Waals surface area (Å²) >= 11 is 1.69. The molecule has 0 spiro atoms. The Bertz CT molecular complexity index is 825. The van der Waals surface area contributed by atoms with Crippen LogP contribution in [0.25, 0.3) is 0 Å². The minimum absolute atomic E-state index is 0.0498. The lowest BCUT2D eigenvalue weighted by molar-refractivity contribution is -0.136. The Hall–Kier alpha value is -2.47. The van der Waals surface area contributed by atoms with Gasteiger partial charge < -0.3 is 15.0 Å². The summed E-state index contributed by atoms with van der Waals surface area (Å²) in [6.45, 7) is 0. The number of amides is 2. The predicted molar refractivity (Wildman–Crippen MR) is 102 cm³/mol. The lowest BCUT2D eigenvalue weighted by atomic mass is 10.0. The van der Waals surface area contributed by atoms with Gasteiger partial charge in [-0.1, -0.05) is 30.3 Å². The van der Waals surface area contributed by atoms with E-state index < -0.39 is 10.9 Å². The Morgan fingerprint density at radius 2 is 1.92 bits per heavy atom. The molecule has 2 amide bonds. The standard InChI is InChI=1S/C20H20N2O3S/c1-25-16-9-7-15(8-10-16)21-19(24)17-13-26-20(12-11-18(23)22(17)20)14-5-3-2-4-6-14/h2-10,17H,11-13H2,1H3,(H,21,24)/t17-,20-/m1/s1. The molecule has 2 heterocycles. The third-order valence-electron chi connectivity index (χ3n) is 5.01. The average molecular weight is 368 g/mol. The second kappa shape index (κ2) is 6.68. The molecule has 2 aliphatic heterocycles. The quantitative estimate of drug-likeness (QED) is 0.900. The first-order valence-electron chi connectivity index (χ1n) is 8.60. The summed E-state index contributed by atoms with van der Waals surface area (Å²) in [5.41, 5.74) is 1.79. The van der Waals surface area contributed by atoms with E-state index in [1.165, 1.54) is 0 Å². The SMILES string of the molecule is COc1ccc(NC(=O)[C@H]2CS[C@@]3(c4ccccc4)CCC(=O)N23)cc1. The van der Waals surface area contributed by atoms with Gasteiger partial charge in [0.15, 0.2) is 0 Å². The highest BCUT2D eigenvalue weighted by atomic mass is 32.2. The first-order chi connectivity index (χ1) is 12.6. The minimum atomic E-state index is -0.461. The van der Waals surface area contributed by atoms with Crippen molar-refractivity contribution in [3.63, 3.8) is 0 Å². The predicted octanol–water partition coefficient (Wildman–Crippen LogP) is 3.22. The zero-order valence-electron chi connectivity index (χ0n) is 14.5. The second-order valence-electron chi connectivity index (χ2n) is 6.46. The number of anilines is 1. The zero-order chi connectivity index (χ0) is 18.1. The normalized spacial score (nSPS) is 24.4. The molecule has 134 valence electrons. The molecular formula is C20H20N2O3S. The lowest BCUT2D eigenvalue weighted by Crippen LogP contribution is -2.48. The van der Waals surface area contributed by atoms with E-state index in [9.17, 15) is 9.59 Å². The summed E-state index contributed by atoms with van der Waals surface area (Å²) in [5, 5.41) is 2.94. The number of methoxy groups -OCH3 is 1. The number of carbonyl (C=O) groups is 2. The third kappa shape index (κ3) is 2.74. The van der Waals surface area contributed by atoms with Gasteiger partial charge in [-0.15, -0.1) is 11.8 Å². The number of nitrogens with zero attached hydrogens (tertiary/aromatic N) is 1. The van der Waals surface area contributed by atoms with E-state index >= 15 is 0 Å². The second-order valence-corrected chi connectivity index (χ2v) is 7.76. The molecular weight excluding hydrogens is 348 g/mol. The van der Waals surface area contributed by atoms with Gasteiger partial charge in [0.25, 0.3) is 0 Å². The van der Waals surface area contributed by atoms with Gasteiger partial charge in [0.1, 0.15) is 16.7 Å². The summed E-state index contributed by atoms with van der Waals surface area (Å²) in [6, 6.07) is 16.8. The molecule has 2 atom stereocenters. The van der Waals surface area contributed by atoms with Gasteiger partial charge in [-0.25, -0.2) is 0 Å². The number of benzene rings is 2. The highest BCUT2D eigenvalue weighted by Gasteiger charge is 2.56. The van der Waals surface area contributed by atoms with Gasteiger partial charge in [0.05, 0.1) is 7.11 Å². The highest BCUT2D eigenvalue weighted by Crippen LogP contribution is 2.54. The topological polar surface area (TPSA) is 58.6 Å². The van der Waals surface area contributed by atoms with Crippen molar-refractivity contribution < 1.29 is 14.3 Å². The maximum Gasteiger partial charge on any atom is 0.248 e. The summed E-state index contributed by atoms with van der Waals surface area (Å²) in [4.78, 5) is 26.9. The molecule has 2 aromatic rings. The van der Waals surface area contributed by atoms with Crippen LogP contribution in [-0.2, 0) is 14.5 Å². The summed E-state index contributed by atoms with van der Waals surface area (Å²) in [6.07, 6.45) is 1.22. The molecule has 26 heavy (non-hydrogen) atoms. The molecule has 0 radical (unpaired) electrons. The molecule has 2 fully saturated rings. The van der Waals surface area contributed by atoms with Gasteiger partial charge in [-0.3, -0.25) is 9.59 Å². The van der Waals surface area contributed by atoms with Crippen LogP contribution in [0, 0.1) is 0 Å². The minimum Gasteiger partial charge on any atom is -0.497 e. The van der Waals surface area contributed by atoms with Crippen molar-refractivity contribution in [3.05, 3.63) is 60.2 Å². The number of rotatable bonds is 4. The Kier molecular flexibility index (Phi) is 4.36. The molecule has 0 unspecified atom stereocenters. The van der Waals surface area contributed by atoms with Crippen LogP contribution in [0.1, 0.15) is 18.4 Å². The third-order valence-corrected chi connectivity index (χ3v) is 6.61. The van der Waals surface area contributed by atoms with E-state index in [-0.39, 0.29) is 11.8 Å². The fourth-order valence-corrected chi connectivity index (χ4v) is 5.39. The molecule has 0 aromatic heterocycles. The van der Waals surface area contributed by atoms with Crippen molar-refractivity contribution in [2.24, 2.45) is 0 Å². The average Bonchev–Trinajstić information content (AvgIpc) is 3.22. The number of carbonyl (C=O) groups excluding carboxylic acids is 2. The van der Waals surface area contributed by atoms with Gasteiger partial charge in [-0.05, 0) is 36.2 Å². The molecule has 0 aliphatic carbocycles. The molecule has 6 heteroatoms. The highest BCUT2D eigenvalue weighted by molar-refractivity contribution is 8.00. The number of thioether (sulfide) groups is 1. The molecule has 1 N–H and O–H groups in total. The molecule has 0 saturated carbocycles. The Morgan fingerprint density at radius 3 is 2.62 bits per heavy atom. The van der Waals surface area contributed by atoms with Crippen LogP contribution in [0.4, 0.5) is 5.69 Å². The summed E-state index contributed by atoms with van der Waals surface area (Å²) in [7, 11) is 1.60. The van der Waals surface area contributed by atoms with Crippen molar-refractivity contribution >= 4 is 29.3 Å². The fraction of sp³-hybridized carbons (Fsp3) is 0.300. The number of ether oxygens (including phenoxy) is 1. The van der Waals surface area contributed by atoms with E-state index in [1.807, 2.05) is 30.3 Å². The molecule has 0 bridgehead atoms. The Labute approximate surface area is 156 Å². The number of fused-ring (bicyclic) bond motifs is 1. The maximum absolute atomic E-state index is 12.9. The smallest absolute Gasteiger partial charge is 0.248 e. The van der Waals surface area contributed by atoms with Gasteiger partial charge in [0.2, 0.25) is 11.8 Å². The van der Waals surface area contributed by atoms with E-state index in [2.05, 4.69) is 5.32 Å². The van der Waals surface area contributed by atoms with Crippen LogP contribution in [0.5, 0.6) is 5.75 Å². The number of nitrogens with one attached hydrogen (secondary N) is 1. The molecule has 2 aromatic carbocycles. The first kappa shape index (κ1) is 17.0. The number of hydrogen-bond acceptors (Lipinski definition) is 4. The van der Waals surface area contributed by atoms with Gasteiger partial charge in [0, 0.05) is 17.9 Å². The van der Waals surface area contributed by atoms with Crippen LogP contribution in [0.2, 0.25) is 0 Å². The van der Waals surface area contributed by atoms with Crippen LogP contribution in [-0.4, -0.2) is 35.6 Å². The van der Waals surface area contributed by atoms with Crippen molar-refractivity contribution in [2.45, 2.75) is 23.8 Å². The van der Waals surface area contributed by atoms with Crippen molar-refractivity contribution in [2.75, 3.05) is 18.2 Å². The maximum atomic E-state index is 12.9. The van der Waals surface area contributed by atoms with E-state index in [1.54, 1.807) is 48.0 Å². The Balaban J connectivity index is 1.57. The molecule has 2 aliphatic rings. The zero-order valence-corrected chi connectivity index (χ0v) is 15.3. The number of hydrogen-bond donors (Lipinski definition) is 1. The van der Waals surface area contributed by atoms with Gasteiger partial charge in [-0.2, -0.15) is 0 Å². The molecule has 2 saturated heterocycles. The Morgan fingerprint density at radius 1 is 1.19 bits per heavy atom. The molecule has 4 rings (SSSR count). The first-order valence-corrected chi connectivity index (χ1v) is 9.59. The van der Waals surface area contributed by atoms with Crippen LogP contribution < -0.4 is 10.1 Å². The summed E-state index contributed by atoms with van der Waals surface area (Å²) in [5.74, 6) is 1.24. The monoisotopic (exact) mass is 368 g/mol. The van der Waals surface area contributed by atoms with Crippen molar-refractivity contribution in [3.8, 4) is 5.75 Å². The van der Waals surface area contributed by atoms with Crippen LogP contribution in [0.3, 0.4) is 0 Å². The fourth-order valence-electron chi connectivity index (χ4n) is 3.74. The van der Waals surface area contributed by atoms with Crippen molar-refractivity contribution in [1.82, 2.24) is 4.90 Å². The lowest BCUT2D eigenvalue weighted by Gasteiger charge is -2.34. The molecule has 5 nitrogen and oxygen atoms in total. The largest absolute Gasteiger partial charge is 0.497 e. The van der Waals surface area contributed by atoms with E-state index in [0.717, 1.165) is 17.7 Å². The van der Waals surface area contributed by atoms with E-state index in [4.69, 9.17) is 4.74 Å². The summed E-state index contributed by atoms with van der Waals surface area (Å²) < 4.78 is 5.14. The van der Waals surface area contributed by atoms with Crippen LogP contribution in [0.15, 0.2) is 54.6 Å². The van der Waals surface area contributed by atoms with Crippen molar-refractivity contribution in [1.29, 1.82) is 0 Å². The van der Waals surface area contributed by atoms with E-state index in [0.29, 0.717) is 17.9 Å².